The van der Waals surface area contributed by atoms with Crippen LogP contribution in [-0.4, -0.2) is 29.4 Å². The van der Waals surface area contributed by atoms with Crippen LogP contribution in [0.25, 0.3) is 6.08 Å². The Kier molecular flexibility index (Phi) is 4.86. The number of anilines is 1. The van der Waals surface area contributed by atoms with Crippen LogP contribution in [0.1, 0.15) is 48.1 Å². The zero-order chi connectivity index (χ0) is 26.0. The first-order chi connectivity index (χ1) is 18.5. The predicted molar refractivity (Wildman–Crippen MR) is 143 cm³/mol. The van der Waals surface area contributed by atoms with Crippen molar-refractivity contribution < 1.29 is 18.8 Å². The van der Waals surface area contributed by atoms with E-state index in [9.17, 15) is 14.4 Å². The quantitative estimate of drug-likeness (QED) is 0.251. The van der Waals surface area contributed by atoms with Crippen molar-refractivity contribution in [3.05, 3.63) is 143 Å². The van der Waals surface area contributed by atoms with Crippen molar-refractivity contribution in [2.24, 2.45) is 5.41 Å². The lowest BCUT2D eigenvalue weighted by Crippen LogP contribution is -2.48. The van der Waals surface area contributed by atoms with E-state index in [2.05, 4.69) is 0 Å². The average Bonchev–Trinajstić information content (AvgIpc) is 3.40. The predicted octanol–water partition coefficient (Wildman–Crippen LogP) is 6.14. The summed E-state index contributed by atoms with van der Waals surface area (Å²) in [6.45, 7) is 0. The molecular formula is C33H22FNO3. The number of benzene rings is 4. The first kappa shape index (κ1) is 22.5. The summed E-state index contributed by atoms with van der Waals surface area (Å²) < 4.78 is 15.1. The van der Waals surface area contributed by atoms with Crippen LogP contribution in [0.15, 0.2) is 109 Å². The van der Waals surface area contributed by atoms with E-state index in [-0.39, 0.29) is 17.1 Å². The largest absolute Gasteiger partial charge is 0.352 e. The zero-order valence-corrected chi connectivity index (χ0v) is 20.3. The molecule has 184 valence electrons. The van der Waals surface area contributed by atoms with E-state index in [0.29, 0.717) is 16.7 Å². The summed E-state index contributed by atoms with van der Waals surface area (Å²) in [7, 11) is 0. The molecule has 4 aromatic rings. The van der Waals surface area contributed by atoms with E-state index in [0.717, 1.165) is 11.3 Å². The van der Waals surface area contributed by atoms with Crippen LogP contribution in [0.5, 0.6) is 0 Å². The van der Waals surface area contributed by atoms with Crippen molar-refractivity contribution in [3.63, 3.8) is 0 Å². The van der Waals surface area contributed by atoms with E-state index in [4.69, 9.17) is 0 Å². The van der Waals surface area contributed by atoms with E-state index in [1.54, 1.807) is 36.4 Å². The molecule has 4 nitrogen and oxygen atoms in total. The molecule has 1 spiro atoms. The first-order valence-electron chi connectivity index (χ1n) is 12.6. The third-order valence-electron chi connectivity index (χ3n) is 8.28. The van der Waals surface area contributed by atoms with Crippen molar-refractivity contribution in [2.75, 3.05) is 4.90 Å². The molecule has 0 N–H and O–H groups in total. The van der Waals surface area contributed by atoms with Gasteiger partial charge in [0.25, 0.3) is 0 Å². The summed E-state index contributed by atoms with van der Waals surface area (Å²) in [5.74, 6) is -2.52. The molecule has 0 aromatic heterocycles. The minimum Gasteiger partial charge on any atom is -0.352 e. The Hall–Kier alpha value is -4.64. The number of rotatable bonds is 3. The maximum Gasteiger partial charge on any atom is 0.188 e. The normalized spacial score (nSPS) is 22.3. The Bertz CT molecular complexity index is 1640. The number of para-hydroxylation sites is 1. The maximum absolute atomic E-state index is 15.1. The Morgan fingerprint density at radius 3 is 2.05 bits per heavy atom. The molecule has 0 unspecified atom stereocenters. The number of halogens is 1. The number of carbonyl (C=O) groups excluding carboxylic acids is 3. The molecule has 0 saturated carbocycles. The number of Topliss-reactive ketones (excluding diaryl/α,β-unsaturated/α-hetero) is 3. The molecule has 1 saturated heterocycles. The van der Waals surface area contributed by atoms with Crippen molar-refractivity contribution in [3.8, 4) is 0 Å². The molecule has 3 atom stereocenters. The van der Waals surface area contributed by atoms with Crippen LogP contribution >= 0.6 is 0 Å². The number of hydrogen-bond donors (Lipinski definition) is 0. The highest BCUT2D eigenvalue weighted by Gasteiger charge is 2.71. The lowest BCUT2D eigenvalue weighted by atomic mass is 9.64. The third-order valence-corrected chi connectivity index (χ3v) is 8.28. The van der Waals surface area contributed by atoms with E-state index >= 15 is 4.39 Å². The van der Waals surface area contributed by atoms with Crippen LogP contribution in [-0.2, 0) is 0 Å². The lowest BCUT2D eigenvalue weighted by Gasteiger charge is -2.37. The summed E-state index contributed by atoms with van der Waals surface area (Å²) in [6, 6.07) is 27.9. The maximum atomic E-state index is 15.1. The topological polar surface area (TPSA) is 54.5 Å². The van der Waals surface area contributed by atoms with E-state index in [1.807, 2.05) is 71.6 Å². The standard InChI is InChI=1S/C33H22FNO3/c34-25-16-8-7-15-24(25)30(36)29-28(21-11-2-1-3-12-21)33(31(37)22-13-5-6-14-23(22)32(33)38)27-19-18-20-10-4-9-17-26(20)35(27)29/h1-19,27-29H/t27-,28+,29-/m0/s1. The molecule has 3 aliphatic rings. The number of carbonyl (C=O) groups is 3. The molecule has 0 radical (unpaired) electrons. The Morgan fingerprint density at radius 1 is 0.737 bits per heavy atom. The van der Waals surface area contributed by atoms with Crippen LogP contribution in [0.2, 0.25) is 0 Å². The van der Waals surface area contributed by atoms with Gasteiger partial charge in [0.1, 0.15) is 17.3 Å². The van der Waals surface area contributed by atoms with Gasteiger partial charge in [0.05, 0.1) is 11.6 Å². The summed E-state index contributed by atoms with van der Waals surface area (Å²) in [5.41, 5.74) is 1.39. The highest BCUT2D eigenvalue weighted by Crippen LogP contribution is 2.60. The van der Waals surface area contributed by atoms with Gasteiger partial charge in [-0.25, -0.2) is 4.39 Å². The highest BCUT2D eigenvalue weighted by molar-refractivity contribution is 6.32. The first-order valence-corrected chi connectivity index (χ1v) is 12.6. The van der Waals surface area contributed by atoms with Gasteiger partial charge in [0.2, 0.25) is 0 Å². The second kappa shape index (κ2) is 8.18. The fourth-order valence-electron chi connectivity index (χ4n) is 6.77. The second-order valence-electron chi connectivity index (χ2n) is 10.0. The number of hydrogen-bond acceptors (Lipinski definition) is 4. The molecule has 0 bridgehead atoms. The fraction of sp³-hybridized carbons (Fsp3) is 0.121. The third kappa shape index (κ3) is 2.81. The van der Waals surface area contributed by atoms with Gasteiger partial charge in [-0.05, 0) is 29.3 Å². The Morgan fingerprint density at radius 2 is 1.34 bits per heavy atom. The van der Waals surface area contributed by atoms with E-state index in [1.165, 1.54) is 12.1 Å². The molecule has 0 amide bonds. The van der Waals surface area contributed by atoms with E-state index < -0.39 is 35.0 Å². The smallest absolute Gasteiger partial charge is 0.188 e. The number of nitrogens with zero attached hydrogens (tertiary/aromatic N) is 1. The molecule has 7 rings (SSSR count). The van der Waals surface area contributed by atoms with Crippen LogP contribution in [0.3, 0.4) is 0 Å². The van der Waals surface area contributed by atoms with Gasteiger partial charge < -0.3 is 4.90 Å². The minimum atomic E-state index is -1.58. The van der Waals surface area contributed by atoms with Crippen LogP contribution < -0.4 is 4.90 Å². The van der Waals surface area contributed by atoms with Gasteiger partial charge in [-0.15, -0.1) is 0 Å². The zero-order valence-electron chi connectivity index (χ0n) is 20.3. The van der Waals surface area contributed by atoms with Gasteiger partial charge in [-0.2, -0.15) is 0 Å². The number of ketones is 3. The SMILES string of the molecule is O=C(c1ccccc1F)[C@@H]1[C@@H](c2ccccc2)C2(C(=O)c3ccccc3C2=O)[C@@H]2C=Cc3ccccc3N12. The summed E-state index contributed by atoms with van der Waals surface area (Å²) in [6.07, 6.45) is 3.79. The molecule has 4 aromatic carbocycles. The van der Waals surface area contributed by atoms with Crippen molar-refractivity contribution in [1.82, 2.24) is 0 Å². The number of fused-ring (bicyclic) bond motifs is 5. The fourth-order valence-corrected chi connectivity index (χ4v) is 6.77. The Labute approximate surface area is 219 Å². The van der Waals surface area contributed by atoms with Crippen LogP contribution in [0, 0.1) is 11.2 Å². The Balaban J connectivity index is 1.56. The molecule has 38 heavy (non-hydrogen) atoms. The van der Waals surface area contributed by atoms with Gasteiger partial charge in [0, 0.05) is 22.7 Å². The molecule has 5 heteroatoms. The summed E-state index contributed by atoms with van der Waals surface area (Å²) >= 11 is 0. The molecule has 2 heterocycles. The summed E-state index contributed by atoms with van der Waals surface area (Å²) in [5, 5.41) is 0. The highest BCUT2D eigenvalue weighted by atomic mass is 19.1. The van der Waals surface area contributed by atoms with Gasteiger partial charge >= 0.3 is 0 Å². The second-order valence-corrected chi connectivity index (χ2v) is 10.0. The lowest BCUT2D eigenvalue weighted by molar-refractivity contribution is 0.0666. The van der Waals surface area contributed by atoms with Crippen molar-refractivity contribution in [2.45, 2.75) is 18.0 Å². The molecular weight excluding hydrogens is 477 g/mol. The molecule has 1 fully saturated rings. The van der Waals surface area contributed by atoms with Gasteiger partial charge in [-0.3, -0.25) is 14.4 Å². The molecule has 1 aliphatic carbocycles. The minimum absolute atomic E-state index is 0.0586. The summed E-state index contributed by atoms with van der Waals surface area (Å²) in [4.78, 5) is 45.3. The monoisotopic (exact) mass is 499 g/mol. The molecule has 2 aliphatic heterocycles. The van der Waals surface area contributed by atoms with Gasteiger partial charge in [0.15, 0.2) is 17.3 Å². The van der Waals surface area contributed by atoms with Crippen molar-refractivity contribution >= 4 is 29.1 Å². The van der Waals surface area contributed by atoms with Crippen molar-refractivity contribution in [1.29, 1.82) is 0 Å². The van der Waals surface area contributed by atoms with Crippen LogP contribution in [0.4, 0.5) is 10.1 Å². The van der Waals surface area contributed by atoms with Gasteiger partial charge in [-0.1, -0.05) is 97.1 Å². The average molecular weight is 500 g/mol.